The van der Waals surface area contributed by atoms with Crippen LogP contribution in [0.3, 0.4) is 0 Å². The molecular weight excluding hydrogens is 270 g/mol. The molecule has 0 aliphatic carbocycles. The highest BCUT2D eigenvalue weighted by atomic mass is 32.2. The third-order valence-corrected chi connectivity index (χ3v) is 3.91. The molecule has 4 heteroatoms. The van der Waals surface area contributed by atoms with Gasteiger partial charge in [-0.1, -0.05) is 26.0 Å². The lowest BCUT2D eigenvalue weighted by Gasteiger charge is -2.17. The van der Waals surface area contributed by atoms with Crippen molar-refractivity contribution < 1.29 is 9.47 Å². The first-order valence-electron chi connectivity index (χ1n) is 7.43. The minimum atomic E-state index is 0.166. The molecule has 2 N–H and O–H groups in total. The third kappa shape index (κ3) is 5.63. The molecule has 20 heavy (non-hydrogen) atoms. The smallest absolute Gasteiger partial charge is 0.164 e. The van der Waals surface area contributed by atoms with Gasteiger partial charge in [0.25, 0.3) is 0 Å². The van der Waals surface area contributed by atoms with E-state index in [2.05, 4.69) is 19.9 Å². The first-order valence-corrected chi connectivity index (χ1v) is 8.59. The Hall–Kier alpha value is -0.870. The number of rotatable bonds is 10. The summed E-state index contributed by atoms with van der Waals surface area (Å²) in [5.74, 6) is 3.81. The Bertz CT molecular complexity index is 385. The van der Waals surface area contributed by atoms with Crippen LogP contribution < -0.4 is 15.2 Å². The van der Waals surface area contributed by atoms with E-state index in [9.17, 15) is 0 Å². The number of hydrogen-bond donors (Lipinski definition) is 1. The summed E-state index contributed by atoms with van der Waals surface area (Å²) in [5, 5.41) is 0. The summed E-state index contributed by atoms with van der Waals surface area (Å²) in [5.41, 5.74) is 7.22. The predicted molar refractivity (Wildman–Crippen MR) is 88.1 cm³/mol. The highest BCUT2D eigenvalue weighted by molar-refractivity contribution is 7.99. The first-order chi connectivity index (χ1) is 9.72. The van der Waals surface area contributed by atoms with Crippen molar-refractivity contribution in [3.8, 4) is 11.5 Å². The van der Waals surface area contributed by atoms with Crippen LogP contribution in [0.1, 0.15) is 32.8 Å². The van der Waals surface area contributed by atoms with Gasteiger partial charge in [0, 0.05) is 11.8 Å². The van der Waals surface area contributed by atoms with Crippen LogP contribution in [0.25, 0.3) is 0 Å². The Balaban J connectivity index is 2.82. The fraction of sp³-hybridized carbons (Fsp3) is 0.625. The molecule has 0 radical (unpaired) electrons. The zero-order chi connectivity index (χ0) is 14.8. The summed E-state index contributed by atoms with van der Waals surface area (Å²) >= 11 is 1.88. The van der Waals surface area contributed by atoms with E-state index in [1.165, 1.54) is 0 Å². The summed E-state index contributed by atoms with van der Waals surface area (Å²) in [6, 6.07) is 6.22. The highest BCUT2D eigenvalue weighted by Crippen LogP contribution is 2.32. The quantitative estimate of drug-likeness (QED) is 0.671. The Morgan fingerprint density at radius 3 is 2.65 bits per heavy atom. The minimum Gasteiger partial charge on any atom is -0.490 e. The van der Waals surface area contributed by atoms with Gasteiger partial charge in [0.15, 0.2) is 11.5 Å². The van der Waals surface area contributed by atoms with E-state index in [-0.39, 0.29) is 6.04 Å². The molecule has 1 atom stereocenters. The van der Waals surface area contributed by atoms with Gasteiger partial charge in [-0.15, -0.1) is 0 Å². The number of nitrogens with two attached hydrogens (primary N) is 1. The van der Waals surface area contributed by atoms with Crippen molar-refractivity contribution >= 4 is 11.8 Å². The molecule has 1 aromatic rings. The standard InChI is InChI=1S/C16H27NO2S/c1-4-14(17)12-13-8-7-9-15(18-5-2)16(13)19-10-11-20-6-3/h7-9,14H,4-6,10-12,17H2,1-3H3. The Labute approximate surface area is 127 Å². The van der Waals surface area contributed by atoms with Gasteiger partial charge in [-0.2, -0.15) is 11.8 Å². The molecular formula is C16H27NO2S. The second kappa shape index (κ2) is 9.94. The molecule has 1 rings (SSSR count). The lowest BCUT2D eigenvalue weighted by Crippen LogP contribution is -2.22. The largest absolute Gasteiger partial charge is 0.490 e. The SMILES string of the molecule is CCOc1cccc(CC(N)CC)c1OCCSCC. The van der Waals surface area contributed by atoms with Gasteiger partial charge in [0.05, 0.1) is 13.2 Å². The lowest BCUT2D eigenvalue weighted by atomic mass is 10.0. The molecule has 0 aliphatic rings. The topological polar surface area (TPSA) is 44.5 Å². The summed E-state index contributed by atoms with van der Waals surface area (Å²) in [4.78, 5) is 0. The van der Waals surface area contributed by atoms with Crippen molar-refractivity contribution in [3.05, 3.63) is 23.8 Å². The molecule has 0 heterocycles. The van der Waals surface area contributed by atoms with Crippen molar-refractivity contribution in [2.75, 3.05) is 24.7 Å². The van der Waals surface area contributed by atoms with Crippen LogP contribution in [0.5, 0.6) is 11.5 Å². The van der Waals surface area contributed by atoms with Crippen LogP contribution >= 0.6 is 11.8 Å². The Kier molecular flexibility index (Phi) is 8.54. The zero-order valence-corrected chi connectivity index (χ0v) is 13.7. The van der Waals surface area contributed by atoms with Crippen LogP contribution in [-0.2, 0) is 6.42 Å². The average Bonchev–Trinajstić information content (AvgIpc) is 2.46. The third-order valence-electron chi connectivity index (χ3n) is 3.04. The Morgan fingerprint density at radius 1 is 1.20 bits per heavy atom. The number of benzene rings is 1. The van der Waals surface area contributed by atoms with Gasteiger partial charge < -0.3 is 15.2 Å². The van der Waals surface area contributed by atoms with Crippen LogP contribution in [-0.4, -0.2) is 30.8 Å². The van der Waals surface area contributed by atoms with Gasteiger partial charge in [0.1, 0.15) is 0 Å². The van der Waals surface area contributed by atoms with E-state index in [1.54, 1.807) is 0 Å². The van der Waals surface area contributed by atoms with E-state index in [0.29, 0.717) is 13.2 Å². The van der Waals surface area contributed by atoms with Crippen molar-refractivity contribution in [2.24, 2.45) is 5.73 Å². The molecule has 0 aliphatic heterocycles. The second-order valence-corrected chi connectivity index (χ2v) is 5.99. The molecule has 0 saturated heterocycles. The summed E-state index contributed by atoms with van der Waals surface area (Å²) in [7, 11) is 0. The summed E-state index contributed by atoms with van der Waals surface area (Å²) in [6.45, 7) is 7.60. The van der Waals surface area contributed by atoms with E-state index < -0.39 is 0 Å². The van der Waals surface area contributed by atoms with Gasteiger partial charge in [-0.3, -0.25) is 0 Å². The molecule has 0 aromatic heterocycles. The van der Waals surface area contributed by atoms with E-state index in [0.717, 1.165) is 41.4 Å². The first kappa shape index (κ1) is 17.2. The molecule has 3 nitrogen and oxygen atoms in total. The molecule has 0 fully saturated rings. The van der Waals surface area contributed by atoms with Crippen LogP contribution in [0.4, 0.5) is 0 Å². The molecule has 1 aromatic carbocycles. The monoisotopic (exact) mass is 297 g/mol. The number of hydrogen-bond acceptors (Lipinski definition) is 4. The Morgan fingerprint density at radius 2 is 2.00 bits per heavy atom. The maximum Gasteiger partial charge on any atom is 0.164 e. The van der Waals surface area contributed by atoms with Crippen molar-refractivity contribution in [1.82, 2.24) is 0 Å². The van der Waals surface area contributed by atoms with Crippen molar-refractivity contribution in [3.63, 3.8) is 0 Å². The summed E-state index contributed by atoms with van der Waals surface area (Å²) in [6.07, 6.45) is 1.79. The van der Waals surface area contributed by atoms with E-state index in [1.807, 2.05) is 30.8 Å². The normalized spacial score (nSPS) is 12.2. The van der Waals surface area contributed by atoms with Gasteiger partial charge in [-0.25, -0.2) is 0 Å². The maximum atomic E-state index is 6.07. The predicted octanol–water partition coefficient (Wildman–Crippen LogP) is 3.50. The second-order valence-electron chi connectivity index (χ2n) is 4.60. The van der Waals surface area contributed by atoms with E-state index >= 15 is 0 Å². The lowest BCUT2D eigenvalue weighted by molar-refractivity contribution is 0.286. The van der Waals surface area contributed by atoms with Crippen molar-refractivity contribution in [2.45, 2.75) is 39.7 Å². The van der Waals surface area contributed by atoms with Gasteiger partial charge >= 0.3 is 0 Å². The molecule has 0 bridgehead atoms. The van der Waals surface area contributed by atoms with Crippen LogP contribution in [0.15, 0.2) is 18.2 Å². The molecule has 0 saturated carbocycles. The number of ether oxygens (including phenoxy) is 2. The fourth-order valence-electron chi connectivity index (χ4n) is 1.93. The summed E-state index contributed by atoms with van der Waals surface area (Å²) < 4.78 is 11.6. The molecule has 0 amide bonds. The minimum absolute atomic E-state index is 0.166. The van der Waals surface area contributed by atoms with Crippen LogP contribution in [0, 0.1) is 0 Å². The van der Waals surface area contributed by atoms with Crippen LogP contribution in [0.2, 0.25) is 0 Å². The number of para-hydroxylation sites is 1. The maximum absolute atomic E-state index is 6.07. The van der Waals surface area contributed by atoms with Crippen molar-refractivity contribution in [1.29, 1.82) is 0 Å². The molecule has 1 unspecified atom stereocenters. The van der Waals surface area contributed by atoms with E-state index in [4.69, 9.17) is 15.2 Å². The highest BCUT2D eigenvalue weighted by Gasteiger charge is 2.13. The number of thioether (sulfide) groups is 1. The average molecular weight is 297 g/mol. The zero-order valence-electron chi connectivity index (χ0n) is 12.9. The van der Waals surface area contributed by atoms with Gasteiger partial charge in [0.2, 0.25) is 0 Å². The molecule has 0 spiro atoms. The molecule has 114 valence electrons. The fourth-order valence-corrected chi connectivity index (χ4v) is 2.42. The van der Waals surface area contributed by atoms with Gasteiger partial charge in [-0.05, 0) is 37.1 Å².